The number of carbonyl (C=O) groups is 1. The molecule has 0 saturated heterocycles. The zero-order chi connectivity index (χ0) is 19.3. The van der Waals surface area contributed by atoms with E-state index in [1.54, 1.807) is 48.5 Å². The first-order valence-electron chi connectivity index (χ1n) is 8.18. The third-order valence-corrected chi connectivity index (χ3v) is 5.85. The summed E-state index contributed by atoms with van der Waals surface area (Å²) < 4.78 is 32.9. The monoisotopic (exact) mass is 402 g/mol. The maximum absolute atomic E-state index is 12.5. The summed E-state index contributed by atoms with van der Waals surface area (Å²) in [5.41, 5.74) is 0.960. The summed E-state index contributed by atoms with van der Waals surface area (Å²) in [6.07, 6.45) is 0. The Kier molecular flexibility index (Phi) is 5.78. The number of thiophene rings is 1. The van der Waals surface area contributed by atoms with Crippen LogP contribution in [0.25, 0.3) is 0 Å². The van der Waals surface area contributed by atoms with Gasteiger partial charge in [0.1, 0.15) is 5.75 Å². The van der Waals surface area contributed by atoms with E-state index in [0.29, 0.717) is 28.6 Å². The van der Waals surface area contributed by atoms with Gasteiger partial charge in [0.2, 0.25) is 0 Å². The molecular formula is C19H18N2O4S2. The molecule has 0 bridgehead atoms. The van der Waals surface area contributed by atoms with Crippen molar-refractivity contribution in [2.24, 2.45) is 0 Å². The molecule has 27 heavy (non-hydrogen) atoms. The summed E-state index contributed by atoms with van der Waals surface area (Å²) in [5, 5.41) is 4.55. The van der Waals surface area contributed by atoms with Crippen LogP contribution in [0.2, 0.25) is 0 Å². The van der Waals surface area contributed by atoms with Crippen molar-refractivity contribution in [2.45, 2.75) is 11.8 Å². The fourth-order valence-corrected chi connectivity index (χ4v) is 4.00. The van der Waals surface area contributed by atoms with Crippen molar-refractivity contribution in [3.63, 3.8) is 0 Å². The number of carbonyl (C=O) groups excluding carboxylic acids is 1. The average Bonchev–Trinajstić information content (AvgIpc) is 3.19. The van der Waals surface area contributed by atoms with Crippen molar-refractivity contribution in [1.29, 1.82) is 0 Å². The number of hydrogen-bond donors (Lipinski definition) is 2. The molecule has 0 aliphatic rings. The van der Waals surface area contributed by atoms with Crippen LogP contribution in [0, 0.1) is 0 Å². The summed E-state index contributed by atoms with van der Waals surface area (Å²) in [7, 11) is -3.73. The number of anilines is 2. The summed E-state index contributed by atoms with van der Waals surface area (Å²) in [5.74, 6) is 0.444. The van der Waals surface area contributed by atoms with Gasteiger partial charge in [-0.3, -0.25) is 9.52 Å². The number of ether oxygens (including phenoxy) is 1. The largest absolute Gasteiger partial charge is 0.494 e. The molecule has 3 rings (SSSR count). The van der Waals surface area contributed by atoms with E-state index in [4.69, 9.17) is 4.74 Å². The van der Waals surface area contributed by atoms with Crippen LogP contribution >= 0.6 is 11.3 Å². The molecule has 0 radical (unpaired) electrons. The van der Waals surface area contributed by atoms with Crippen molar-refractivity contribution in [2.75, 3.05) is 16.6 Å². The molecule has 3 aromatic rings. The molecule has 0 atom stereocenters. The molecule has 0 saturated carbocycles. The van der Waals surface area contributed by atoms with E-state index in [0.717, 1.165) is 0 Å². The minimum absolute atomic E-state index is 0.102. The minimum Gasteiger partial charge on any atom is -0.494 e. The Morgan fingerprint density at radius 2 is 1.67 bits per heavy atom. The van der Waals surface area contributed by atoms with Crippen molar-refractivity contribution in [3.05, 3.63) is 70.9 Å². The number of nitrogens with one attached hydrogen (secondary N) is 2. The van der Waals surface area contributed by atoms with Crippen LogP contribution in [-0.4, -0.2) is 20.9 Å². The predicted octanol–water partition coefficient (Wildman–Crippen LogP) is 4.20. The minimum atomic E-state index is -3.73. The highest BCUT2D eigenvalue weighted by atomic mass is 32.2. The van der Waals surface area contributed by atoms with Crippen LogP contribution in [0.15, 0.2) is 70.9 Å². The Labute approximate surface area is 161 Å². The molecule has 0 spiro atoms. The van der Waals surface area contributed by atoms with Gasteiger partial charge in [-0.15, -0.1) is 11.3 Å². The molecule has 8 heteroatoms. The zero-order valence-electron chi connectivity index (χ0n) is 14.5. The second kappa shape index (κ2) is 8.24. The van der Waals surface area contributed by atoms with Gasteiger partial charge in [-0.1, -0.05) is 6.07 Å². The maximum atomic E-state index is 12.5. The molecule has 0 aliphatic carbocycles. The smallest absolute Gasteiger partial charge is 0.265 e. The van der Waals surface area contributed by atoms with Crippen LogP contribution in [0.4, 0.5) is 11.4 Å². The van der Waals surface area contributed by atoms with Gasteiger partial charge in [0, 0.05) is 11.4 Å². The molecule has 2 aromatic carbocycles. The van der Waals surface area contributed by atoms with E-state index >= 15 is 0 Å². The van der Waals surface area contributed by atoms with Crippen LogP contribution in [0.1, 0.15) is 16.6 Å². The van der Waals surface area contributed by atoms with E-state index in [2.05, 4.69) is 10.0 Å². The predicted molar refractivity (Wildman–Crippen MR) is 107 cm³/mol. The summed E-state index contributed by atoms with van der Waals surface area (Å²) in [6.45, 7) is 2.42. The number of benzene rings is 2. The molecule has 140 valence electrons. The molecule has 1 amide bonds. The maximum Gasteiger partial charge on any atom is 0.265 e. The number of amides is 1. The quantitative estimate of drug-likeness (QED) is 0.620. The lowest BCUT2D eigenvalue weighted by molar-refractivity contribution is 0.103. The van der Waals surface area contributed by atoms with Gasteiger partial charge in [-0.25, -0.2) is 8.42 Å². The van der Waals surface area contributed by atoms with E-state index in [1.807, 2.05) is 12.3 Å². The van der Waals surface area contributed by atoms with E-state index in [1.165, 1.54) is 23.5 Å². The molecular weight excluding hydrogens is 384 g/mol. The van der Waals surface area contributed by atoms with E-state index in [9.17, 15) is 13.2 Å². The van der Waals surface area contributed by atoms with E-state index < -0.39 is 10.0 Å². The van der Waals surface area contributed by atoms with Crippen LogP contribution in [0.5, 0.6) is 5.75 Å². The van der Waals surface area contributed by atoms with Crippen molar-refractivity contribution < 1.29 is 17.9 Å². The standard InChI is InChI=1S/C19H18N2O4S2/c1-2-25-16-9-5-15(6-10-16)21-27(23,24)17-11-7-14(8-12-17)20-19(22)18-4-3-13-26-18/h3-13,21H,2H2,1H3,(H,20,22). The molecule has 0 unspecified atom stereocenters. The van der Waals surface area contributed by atoms with Crippen molar-refractivity contribution in [3.8, 4) is 5.75 Å². The van der Waals surface area contributed by atoms with Crippen molar-refractivity contribution >= 4 is 38.6 Å². The van der Waals surface area contributed by atoms with Crippen LogP contribution in [0.3, 0.4) is 0 Å². The topological polar surface area (TPSA) is 84.5 Å². The molecule has 2 N–H and O–H groups in total. The Balaban J connectivity index is 1.68. The Morgan fingerprint density at radius 3 is 2.26 bits per heavy atom. The highest BCUT2D eigenvalue weighted by Crippen LogP contribution is 2.21. The zero-order valence-corrected chi connectivity index (χ0v) is 16.1. The van der Waals surface area contributed by atoms with Gasteiger partial charge in [-0.2, -0.15) is 0 Å². The van der Waals surface area contributed by atoms with Crippen LogP contribution in [-0.2, 0) is 10.0 Å². The summed E-state index contributed by atoms with van der Waals surface area (Å²) >= 11 is 1.34. The molecule has 0 fully saturated rings. The SMILES string of the molecule is CCOc1ccc(NS(=O)(=O)c2ccc(NC(=O)c3cccs3)cc2)cc1. The fraction of sp³-hybridized carbons (Fsp3) is 0.105. The van der Waals surface area contributed by atoms with E-state index in [-0.39, 0.29) is 10.8 Å². The third kappa shape index (κ3) is 4.87. The highest BCUT2D eigenvalue weighted by molar-refractivity contribution is 7.92. The lowest BCUT2D eigenvalue weighted by Gasteiger charge is -2.10. The lowest BCUT2D eigenvalue weighted by atomic mass is 10.3. The lowest BCUT2D eigenvalue weighted by Crippen LogP contribution is -2.13. The average molecular weight is 402 g/mol. The van der Waals surface area contributed by atoms with Crippen molar-refractivity contribution in [1.82, 2.24) is 0 Å². The fourth-order valence-electron chi connectivity index (χ4n) is 2.32. The second-order valence-corrected chi connectivity index (χ2v) is 8.15. The van der Waals surface area contributed by atoms with Gasteiger partial charge in [0.15, 0.2) is 0 Å². The van der Waals surface area contributed by atoms with Gasteiger partial charge in [-0.05, 0) is 66.9 Å². The Hall–Kier alpha value is -2.84. The molecule has 6 nitrogen and oxygen atoms in total. The summed E-state index contributed by atoms with van der Waals surface area (Å²) in [4.78, 5) is 12.7. The Morgan fingerprint density at radius 1 is 1.00 bits per heavy atom. The molecule has 1 heterocycles. The third-order valence-electron chi connectivity index (χ3n) is 3.58. The van der Waals surface area contributed by atoms with Gasteiger partial charge >= 0.3 is 0 Å². The summed E-state index contributed by atoms with van der Waals surface area (Å²) in [6, 6.07) is 16.2. The van der Waals surface area contributed by atoms with Crippen LogP contribution < -0.4 is 14.8 Å². The number of hydrogen-bond acceptors (Lipinski definition) is 5. The first-order chi connectivity index (χ1) is 13.0. The van der Waals surface area contributed by atoms with Gasteiger partial charge in [0.25, 0.3) is 15.9 Å². The normalized spacial score (nSPS) is 11.0. The number of rotatable bonds is 7. The highest BCUT2D eigenvalue weighted by Gasteiger charge is 2.15. The van der Waals surface area contributed by atoms with Gasteiger partial charge in [0.05, 0.1) is 16.4 Å². The first kappa shape index (κ1) is 18.9. The number of sulfonamides is 1. The molecule has 0 aliphatic heterocycles. The molecule has 1 aromatic heterocycles. The van der Waals surface area contributed by atoms with Gasteiger partial charge < -0.3 is 10.1 Å². The first-order valence-corrected chi connectivity index (χ1v) is 10.5. The Bertz CT molecular complexity index is 997. The second-order valence-electron chi connectivity index (χ2n) is 5.52.